The molecule has 5 aromatic rings. The van der Waals surface area contributed by atoms with Gasteiger partial charge in [-0.15, -0.1) is 0 Å². The minimum absolute atomic E-state index is 0.0587. The van der Waals surface area contributed by atoms with E-state index < -0.39 is 23.1 Å². The molecule has 38 heavy (non-hydrogen) atoms. The van der Waals surface area contributed by atoms with Gasteiger partial charge in [0.15, 0.2) is 0 Å². The topological polar surface area (TPSA) is 48.7 Å². The van der Waals surface area contributed by atoms with E-state index in [1.54, 1.807) is 30.3 Å². The lowest BCUT2D eigenvalue weighted by Crippen LogP contribution is -2.15. The average molecular weight is 557 g/mol. The molecule has 0 aliphatic rings. The zero-order valence-electron chi connectivity index (χ0n) is 19.4. The fourth-order valence-electron chi connectivity index (χ4n) is 3.79. The van der Waals surface area contributed by atoms with Crippen LogP contribution in [0.3, 0.4) is 0 Å². The molecule has 192 valence electrons. The molecule has 4 nitrogen and oxygen atoms in total. The Morgan fingerprint density at radius 3 is 2.13 bits per heavy atom. The highest BCUT2D eigenvalue weighted by molar-refractivity contribution is 6.42. The van der Waals surface area contributed by atoms with Gasteiger partial charge in [0.2, 0.25) is 11.2 Å². The first-order valence-electron chi connectivity index (χ1n) is 11.3. The van der Waals surface area contributed by atoms with Gasteiger partial charge in [-0.1, -0.05) is 71.7 Å². The fourth-order valence-corrected chi connectivity index (χ4v) is 4.11. The van der Waals surface area contributed by atoms with Crippen molar-refractivity contribution in [2.45, 2.75) is 12.8 Å². The Morgan fingerprint density at radius 2 is 1.45 bits per heavy atom. The molecular weight excluding hydrogens is 540 g/mol. The van der Waals surface area contributed by atoms with Gasteiger partial charge in [-0.2, -0.15) is 13.2 Å². The SMILES string of the molecule is O=c1c(Oc2ccc(-c3ccccc3)cc2)c(C(F)(F)F)oc2cc(OCc3ccc(Cl)c(Cl)c3)ccc12. The summed E-state index contributed by atoms with van der Waals surface area (Å²) in [4.78, 5) is 13.1. The van der Waals surface area contributed by atoms with Gasteiger partial charge in [0.25, 0.3) is 5.76 Å². The first-order valence-corrected chi connectivity index (χ1v) is 12.0. The zero-order chi connectivity index (χ0) is 26.9. The molecular formula is C29H17Cl2F3O4. The van der Waals surface area contributed by atoms with Crippen molar-refractivity contribution >= 4 is 34.2 Å². The Morgan fingerprint density at radius 1 is 0.763 bits per heavy atom. The Bertz CT molecular complexity index is 1660. The number of alkyl halides is 3. The molecule has 0 N–H and O–H groups in total. The highest BCUT2D eigenvalue weighted by Gasteiger charge is 2.40. The van der Waals surface area contributed by atoms with E-state index in [0.717, 1.165) is 11.1 Å². The van der Waals surface area contributed by atoms with Crippen LogP contribution in [-0.4, -0.2) is 0 Å². The third-order valence-corrected chi connectivity index (χ3v) is 6.39. The Balaban J connectivity index is 1.45. The molecule has 0 amide bonds. The maximum absolute atomic E-state index is 13.9. The van der Waals surface area contributed by atoms with Crippen molar-refractivity contribution in [3.8, 4) is 28.4 Å². The van der Waals surface area contributed by atoms with Gasteiger partial charge in [-0.05, 0) is 53.1 Å². The average Bonchev–Trinajstić information content (AvgIpc) is 2.91. The highest BCUT2D eigenvalue weighted by Crippen LogP contribution is 2.39. The van der Waals surface area contributed by atoms with E-state index in [0.29, 0.717) is 15.6 Å². The van der Waals surface area contributed by atoms with Crippen LogP contribution >= 0.6 is 23.2 Å². The van der Waals surface area contributed by atoms with Crippen molar-refractivity contribution in [3.05, 3.63) is 123 Å². The molecule has 0 aliphatic heterocycles. The summed E-state index contributed by atoms with van der Waals surface area (Å²) in [6.07, 6.45) is -4.98. The van der Waals surface area contributed by atoms with Crippen LogP contribution in [0.4, 0.5) is 13.2 Å². The Hall–Kier alpha value is -3.94. The molecule has 0 bridgehead atoms. The molecule has 0 unspecified atom stereocenters. The predicted molar refractivity (Wildman–Crippen MR) is 140 cm³/mol. The van der Waals surface area contributed by atoms with Gasteiger partial charge < -0.3 is 13.9 Å². The van der Waals surface area contributed by atoms with Crippen molar-refractivity contribution in [3.63, 3.8) is 0 Å². The monoisotopic (exact) mass is 556 g/mol. The second-order valence-electron chi connectivity index (χ2n) is 8.27. The second kappa shape index (κ2) is 10.4. The van der Waals surface area contributed by atoms with Crippen LogP contribution in [0, 0.1) is 0 Å². The van der Waals surface area contributed by atoms with Gasteiger partial charge >= 0.3 is 6.18 Å². The summed E-state index contributed by atoms with van der Waals surface area (Å²) >= 11 is 11.9. The molecule has 0 radical (unpaired) electrons. The number of rotatable bonds is 6. The van der Waals surface area contributed by atoms with Crippen LogP contribution in [-0.2, 0) is 12.8 Å². The molecule has 0 spiro atoms. The Kier molecular flexibility index (Phi) is 7.06. The van der Waals surface area contributed by atoms with E-state index in [2.05, 4.69) is 0 Å². The number of hydrogen-bond donors (Lipinski definition) is 0. The van der Waals surface area contributed by atoms with Crippen molar-refractivity contribution in [1.82, 2.24) is 0 Å². The molecule has 0 saturated carbocycles. The third-order valence-electron chi connectivity index (χ3n) is 5.65. The van der Waals surface area contributed by atoms with Gasteiger partial charge in [0.05, 0.1) is 15.4 Å². The highest BCUT2D eigenvalue weighted by atomic mass is 35.5. The lowest BCUT2D eigenvalue weighted by atomic mass is 10.1. The quantitative estimate of drug-likeness (QED) is 0.209. The summed E-state index contributed by atoms with van der Waals surface area (Å²) in [5.74, 6) is -2.22. The van der Waals surface area contributed by atoms with Crippen LogP contribution in [0.5, 0.6) is 17.2 Å². The molecule has 0 fully saturated rings. The first kappa shape index (κ1) is 25.7. The largest absolute Gasteiger partial charge is 0.489 e. The van der Waals surface area contributed by atoms with Gasteiger partial charge in [-0.3, -0.25) is 4.79 Å². The molecule has 1 heterocycles. The summed E-state index contributed by atoms with van der Waals surface area (Å²) < 4.78 is 58.0. The first-order chi connectivity index (χ1) is 18.2. The zero-order valence-corrected chi connectivity index (χ0v) is 20.9. The van der Waals surface area contributed by atoms with Crippen LogP contribution in [0.15, 0.2) is 100 Å². The summed E-state index contributed by atoms with van der Waals surface area (Å²) in [6, 6.07) is 24.7. The number of hydrogen-bond acceptors (Lipinski definition) is 4. The van der Waals surface area contributed by atoms with Crippen LogP contribution in [0.2, 0.25) is 10.0 Å². The molecule has 0 saturated heterocycles. The third kappa shape index (κ3) is 5.49. The molecule has 0 aliphatic carbocycles. The molecule has 9 heteroatoms. The normalized spacial score (nSPS) is 11.5. The fraction of sp³-hybridized carbons (Fsp3) is 0.0690. The van der Waals surface area contributed by atoms with E-state index >= 15 is 0 Å². The van der Waals surface area contributed by atoms with Crippen molar-refractivity contribution in [1.29, 1.82) is 0 Å². The van der Waals surface area contributed by atoms with Gasteiger partial charge in [-0.25, -0.2) is 0 Å². The number of halogens is 5. The minimum atomic E-state index is -4.98. The summed E-state index contributed by atoms with van der Waals surface area (Å²) in [5.41, 5.74) is 1.21. The number of fused-ring (bicyclic) bond motifs is 1. The van der Waals surface area contributed by atoms with Gasteiger partial charge in [0.1, 0.15) is 23.7 Å². The molecule has 0 atom stereocenters. The summed E-state index contributed by atoms with van der Waals surface area (Å²) in [7, 11) is 0. The standard InChI is InChI=1S/C29H17Cl2F3O4/c30-23-13-6-17(14-24(23)31)16-36-21-11-12-22-25(15-21)38-28(29(32,33)34)27(26(22)35)37-20-9-7-19(8-10-20)18-4-2-1-3-5-18/h1-15H,16H2. The Labute approximate surface area is 224 Å². The van der Waals surface area contributed by atoms with E-state index in [1.165, 1.54) is 30.3 Å². The van der Waals surface area contributed by atoms with E-state index in [4.69, 9.17) is 37.1 Å². The number of ether oxygens (including phenoxy) is 2. The predicted octanol–water partition coefficient (Wildman–Crippen LogP) is 9.16. The maximum atomic E-state index is 13.9. The van der Waals surface area contributed by atoms with Crippen molar-refractivity contribution < 1.29 is 27.1 Å². The van der Waals surface area contributed by atoms with E-state index in [-0.39, 0.29) is 29.1 Å². The second-order valence-corrected chi connectivity index (χ2v) is 9.09. The van der Waals surface area contributed by atoms with Crippen LogP contribution < -0.4 is 14.9 Å². The van der Waals surface area contributed by atoms with Crippen LogP contribution in [0.25, 0.3) is 22.1 Å². The van der Waals surface area contributed by atoms with E-state index in [9.17, 15) is 18.0 Å². The van der Waals surface area contributed by atoms with Crippen LogP contribution in [0.1, 0.15) is 11.3 Å². The molecule has 4 aromatic carbocycles. The van der Waals surface area contributed by atoms with Crippen molar-refractivity contribution in [2.24, 2.45) is 0 Å². The lowest BCUT2D eigenvalue weighted by molar-refractivity contribution is -0.154. The maximum Gasteiger partial charge on any atom is 0.453 e. The number of benzene rings is 4. The van der Waals surface area contributed by atoms with Crippen molar-refractivity contribution in [2.75, 3.05) is 0 Å². The lowest BCUT2D eigenvalue weighted by Gasteiger charge is -2.14. The minimum Gasteiger partial charge on any atom is -0.489 e. The summed E-state index contributed by atoms with van der Waals surface area (Å²) in [6.45, 7) is 0.0684. The molecule has 5 rings (SSSR count). The van der Waals surface area contributed by atoms with E-state index in [1.807, 2.05) is 30.3 Å². The smallest absolute Gasteiger partial charge is 0.453 e. The summed E-state index contributed by atoms with van der Waals surface area (Å²) in [5, 5.41) is 0.637. The van der Waals surface area contributed by atoms with Gasteiger partial charge in [0, 0.05) is 6.07 Å². The molecule has 1 aromatic heterocycles.